The summed E-state index contributed by atoms with van der Waals surface area (Å²) in [7, 11) is -3.17. The molecule has 0 bridgehead atoms. The van der Waals surface area contributed by atoms with E-state index in [1.54, 1.807) is 6.92 Å². The fourth-order valence-electron chi connectivity index (χ4n) is 1.28. The second-order valence-electron chi connectivity index (χ2n) is 3.62. The SMILES string of the molecule is CC1(O)CN(S(=O)(=O)CCCCl)C1. The van der Waals surface area contributed by atoms with E-state index < -0.39 is 15.6 Å². The van der Waals surface area contributed by atoms with E-state index in [4.69, 9.17) is 11.6 Å². The molecule has 0 aromatic heterocycles. The van der Waals surface area contributed by atoms with Crippen LogP contribution in [0.5, 0.6) is 0 Å². The van der Waals surface area contributed by atoms with Gasteiger partial charge < -0.3 is 5.11 Å². The molecule has 0 atom stereocenters. The fourth-order valence-corrected chi connectivity index (χ4v) is 3.29. The summed E-state index contributed by atoms with van der Waals surface area (Å²) in [5.74, 6) is 0.427. The lowest BCUT2D eigenvalue weighted by molar-refractivity contribution is -0.0426. The van der Waals surface area contributed by atoms with Gasteiger partial charge in [0.05, 0.1) is 11.4 Å². The molecule has 78 valence electrons. The quantitative estimate of drug-likeness (QED) is 0.689. The van der Waals surface area contributed by atoms with Crippen molar-refractivity contribution in [2.24, 2.45) is 0 Å². The van der Waals surface area contributed by atoms with Gasteiger partial charge in [-0.25, -0.2) is 8.42 Å². The highest BCUT2D eigenvalue weighted by molar-refractivity contribution is 7.89. The van der Waals surface area contributed by atoms with Crippen LogP contribution in [0.4, 0.5) is 0 Å². The monoisotopic (exact) mass is 227 g/mol. The van der Waals surface area contributed by atoms with E-state index in [0.29, 0.717) is 12.3 Å². The normalized spacial score (nSPS) is 22.7. The molecule has 0 saturated carbocycles. The molecule has 1 saturated heterocycles. The van der Waals surface area contributed by atoms with Crippen LogP contribution in [0, 0.1) is 0 Å². The van der Waals surface area contributed by atoms with Crippen molar-refractivity contribution in [3.63, 3.8) is 0 Å². The molecule has 0 aliphatic carbocycles. The van der Waals surface area contributed by atoms with E-state index >= 15 is 0 Å². The topological polar surface area (TPSA) is 57.6 Å². The molecule has 1 aliphatic rings. The van der Waals surface area contributed by atoms with E-state index in [2.05, 4.69) is 0 Å². The highest BCUT2D eigenvalue weighted by atomic mass is 35.5. The lowest BCUT2D eigenvalue weighted by atomic mass is 10.0. The first-order chi connectivity index (χ1) is 5.87. The second kappa shape index (κ2) is 3.73. The number of nitrogens with zero attached hydrogens (tertiary/aromatic N) is 1. The summed E-state index contributed by atoms with van der Waals surface area (Å²) in [6.45, 7) is 2.04. The molecule has 1 aliphatic heterocycles. The number of rotatable bonds is 4. The van der Waals surface area contributed by atoms with Gasteiger partial charge in [0, 0.05) is 19.0 Å². The van der Waals surface area contributed by atoms with Gasteiger partial charge in [-0.05, 0) is 13.3 Å². The Morgan fingerprint density at radius 1 is 1.54 bits per heavy atom. The third-order valence-electron chi connectivity index (χ3n) is 1.96. The highest BCUT2D eigenvalue weighted by Gasteiger charge is 2.42. The molecule has 0 spiro atoms. The summed E-state index contributed by atoms with van der Waals surface area (Å²) >= 11 is 5.40. The molecule has 6 heteroatoms. The van der Waals surface area contributed by atoms with Crippen LogP contribution in [-0.2, 0) is 10.0 Å². The van der Waals surface area contributed by atoms with Gasteiger partial charge in [0.2, 0.25) is 10.0 Å². The number of aliphatic hydroxyl groups is 1. The summed E-state index contributed by atoms with van der Waals surface area (Å²) in [4.78, 5) is 0. The van der Waals surface area contributed by atoms with Gasteiger partial charge >= 0.3 is 0 Å². The van der Waals surface area contributed by atoms with E-state index in [9.17, 15) is 13.5 Å². The van der Waals surface area contributed by atoms with E-state index in [0.717, 1.165) is 0 Å². The molecule has 1 rings (SSSR count). The molecule has 1 fully saturated rings. The first-order valence-electron chi connectivity index (χ1n) is 4.14. The van der Waals surface area contributed by atoms with Crippen LogP contribution < -0.4 is 0 Å². The van der Waals surface area contributed by atoms with Crippen LogP contribution >= 0.6 is 11.6 Å². The largest absolute Gasteiger partial charge is 0.387 e. The zero-order chi connectivity index (χ0) is 10.1. The zero-order valence-corrected chi connectivity index (χ0v) is 9.11. The number of β-amino-alcohol motifs (C(OH)–C–C–N with tert-alkyl or cyclic N) is 1. The molecule has 1 heterocycles. The van der Waals surface area contributed by atoms with Crippen molar-refractivity contribution in [1.82, 2.24) is 4.31 Å². The average Bonchev–Trinajstić information content (AvgIpc) is 1.96. The summed E-state index contributed by atoms with van der Waals surface area (Å²) in [5, 5.41) is 9.34. The van der Waals surface area contributed by atoms with Crippen LogP contribution in [-0.4, -0.2) is 48.2 Å². The molecule has 1 N–H and O–H groups in total. The van der Waals surface area contributed by atoms with Crippen LogP contribution in [0.2, 0.25) is 0 Å². The van der Waals surface area contributed by atoms with Crippen molar-refractivity contribution >= 4 is 21.6 Å². The fraction of sp³-hybridized carbons (Fsp3) is 1.00. The molecular weight excluding hydrogens is 214 g/mol. The molecular formula is C7H14ClNO3S. The van der Waals surface area contributed by atoms with E-state index in [1.807, 2.05) is 0 Å². The maximum Gasteiger partial charge on any atom is 0.214 e. The molecule has 0 amide bonds. The van der Waals surface area contributed by atoms with Gasteiger partial charge in [0.1, 0.15) is 0 Å². The van der Waals surface area contributed by atoms with Crippen molar-refractivity contribution < 1.29 is 13.5 Å². The Bertz CT molecular complexity index is 267. The first kappa shape index (κ1) is 11.2. The van der Waals surface area contributed by atoms with Crippen LogP contribution in [0.3, 0.4) is 0 Å². The Balaban J connectivity index is 2.45. The van der Waals surface area contributed by atoms with Crippen molar-refractivity contribution in [2.75, 3.05) is 24.7 Å². The second-order valence-corrected chi connectivity index (χ2v) is 6.09. The van der Waals surface area contributed by atoms with Crippen LogP contribution in [0.1, 0.15) is 13.3 Å². The standard InChI is InChI=1S/C7H14ClNO3S/c1-7(10)5-9(6-7)13(11,12)4-2-3-8/h10H,2-6H2,1H3. The maximum atomic E-state index is 11.4. The Hall–Kier alpha value is 0.160. The molecule has 0 aromatic carbocycles. The zero-order valence-electron chi connectivity index (χ0n) is 7.53. The van der Waals surface area contributed by atoms with E-state index in [-0.39, 0.29) is 18.8 Å². The lowest BCUT2D eigenvalue weighted by Crippen LogP contribution is -2.61. The van der Waals surface area contributed by atoms with Gasteiger partial charge in [0.15, 0.2) is 0 Å². The van der Waals surface area contributed by atoms with Crippen molar-refractivity contribution in [3.8, 4) is 0 Å². The number of sulfonamides is 1. The highest BCUT2D eigenvalue weighted by Crippen LogP contribution is 2.23. The maximum absolute atomic E-state index is 11.4. The predicted octanol–water partition coefficient (Wildman–Crippen LogP) is 0.0117. The van der Waals surface area contributed by atoms with Crippen LogP contribution in [0.15, 0.2) is 0 Å². The summed E-state index contributed by atoms with van der Waals surface area (Å²) in [6, 6.07) is 0. The van der Waals surface area contributed by atoms with E-state index in [1.165, 1.54) is 4.31 Å². The predicted molar refractivity (Wildman–Crippen MR) is 51.3 cm³/mol. The van der Waals surface area contributed by atoms with Gasteiger partial charge in [0.25, 0.3) is 0 Å². The Morgan fingerprint density at radius 2 is 2.08 bits per heavy atom. The first-order valence-corrected chi connectivity index (χ1v) is 6.28. The van der Waals surface area contributed by atoms with Crippen molar-refractivity contribution in [3.05, 3.63) is 0 Å². The summed E-state index contributed by atoms with van der Waals surface area (Å²) < 4.78 is 24.1. The minimum Gasteiger partial charge on any atom is -0.387 e. The molecule has 4 nitrogen and oxygen atoms in total. The Labute approximate surface area is 83.5 Å². The van der Waals surface area contributed by atoms with Gasteiger partial charge in [-0.1, -0.05) is 0 Å². The molecule has 0 unspecified atom stereocenters. The van der Waals surface area contributed by atoms with Crippen molar-refractivity contribution in [1.29, 1.82) is 0 Å². The number of hydrogen-bond acceptors (Lipinski definition) is 3. The number of hydrogen-bond donors (Lipinski definition) is 1. The third kappa shape index (κ3) is 2.80. The average molecular weight is 228 g/mol. The molecule has 13 heavy (non-hydrogen) atoms. The Morgan fingerprint density at radius 3 is 2.46 bits per heavy atom. The van der Waals surface area contributed by atoms with Gasteiger partial charge in [-0.2, -0.15) is 4.31 Å². The van der Waals surface area contributed by atoms with Gasteiger partial charge in [-0.15, -0.1) is 11.6 Å². The van der Waals surface area contributed by atoms with Crippen LogP contribution in [0.25, 0.3) is 0 Å². The number of halogens is 1. The summed E-state index contributed by atoms with van der Waals surface area (Å²) in [6.07, 6.45) is 0.461. The Kier molecular flexibility index (Phi) is 3.22. The summed E-state index contributed by atoms with van der Waals surface area (Å²) in [5.41, 5.74) is -0.839. The number of alkyl halides is 1. The smallest absolute Gasteiger partial charge is 0.214 e. The van der Waals surface area contributed by atoms with Crippen molar-refractivity contribution in [2.45, 2.75) is 18.9 Å². The lowest BCUT2D eigenvalue weighted by Gasteiger charge is -2.42. The molecule has 0 radical (unpaired) electrons. The molecule has 0 aromatic rings. The minimum absolute atomic E-state index is 0.0760. The minimum atomic E-state index is -3.17. The van der Waals surface area contributed by atoms with Gasteiger partial charge in [-0.3, -0.25) is 0 Å². The third-order valence-corrected chi connectivity index (χ3v) is 4.08.